The standard InChI is InChI=1S/C14H18N2S/c1-11-5-8-16(9-7-15-11)13-3-2-4-14-12(13)6-10-17-14/h2-4,6,10-11,15H,5,7-9H2,1H3/t11-/m0/s1. The first-order chi connectivity index (χ1) is 8.34. The maximum atomic E-state index is 3.55. The van der Waals surface area contributed by atoms with Gasteiger partial charge in [0.2, 0.25) is 0 Å². The van der Waals surface area contributed by atoms with Crippen molar-refractivity contribution < 1.29 is 0 Å². The zero-order valence-electron chi connectivity index (χ0n) is 10.1. The fourth-order valence-corrected chi connectivity index (χ4v) is 3.31. The summed E-state index contributed by atoms with van der Waals surface area (Å²) in [6, 6.07) is 9.53. The van der Waals surface area contributed by atoms with E-state index in [1.54, 1.807) is 0 Å². The van der Waals surface area contributed by atoms with Gasteiger partial charge in [0, 0.05) is 41.4 Å². The average Bonchev–Trinajstić information content (AvgIpc) is 2.72. The Morgan fingerprint density at radius 3 is 3.18 bits per heavy atom. The quantitative estimate of drug-likeness (QED) is 0.832. The predicted octanol–water partition coefficient (Wildman–Crippen LogP) is 3.09. The molecule has 3 heteroatoms. The Hall–Kier alpha value is -1.06. The van der Waals surface area contributed by atoms with Crippen LogP contribution in [0.2, 0.25) is 0 Å². The topological polar surface area (TPSA) is 15.3 Å². The predicted molar refractivity (Wildman–Crippen MR) is 76.1 cm³/mol. The number of nitrogens with zero attached hydrogens (tertiary/aromatic N) is 1. The highest BCUT2D eigenvalue weighted by Crippen LogP contribution is 2.30. The lowest BCUT2D eigenvalue weighted by Gasteiger charge is -2.23. The van der Waals surface area contributed by atoms with Gasteiger partial charge < -0.3 is 10.2 Å². The summed E-state index contributed by atoms with van der Waals surface area (Å²) < 4.78 is 1.40. The molecule has 17 heavy (non-hydrogen) atoms. The highest BCUT2D eigenvalue weighted by atomic mass is 32.1. The van der Waals surface area contributed by atoms with Crippen molar-refractivity contribution in [2.75, 3.05) is 24.5 Å². The van der Waals surface area contributed by atoms with Crippen LogP contribution in [0.1, 0.15) is 13.3 Å². The third kappa shape index (κ3) is 2.17. The molecule has 1 aliphatic rings. The van der Waals surface area contributed by atoms with E-state index in [1.807, 2.05) is 11.3 Å². The fourth-order valence-electron chi connectivity index (χ4n) is 2.50. The van der Waals surface area contributed by atoms with Crippen molar-refractivity contribution in [1.82, 2.24) is 5.32 Å². The first-order valence-electron chi connectivity index (χ1n) is 6.29. The summed E-state index contributed by atoms with van der Waals surface area (Å²) >= 11 is 1.83. The molecule has 0 unspecified atom stereocenters. The largest absolute Gasteiger partial charge is 0.370 e. The van der Waals surface area contributed by atoms with Crippen LogP contribution in [0.15, 0.2) is 29.6 Å². The SMILES string of the molecule is C[C@H]1CCN(c2cccc3sccc23)CCN1. The van der Waals surface area contributed by atoms with E-state index in [9.17, 15) is 0 Å². The van der Waals surface area contributed by atoms with E-state index in [2.05, 4.69) is 46.8 Å². The van der Waals surface area contributed by atoms with Gasteiger partial charge in [0.05, 0.1) is 0 Å². The molecule has 1 aliphatic heterocycles. The van der Waals surface area contributed by atoms with Crippen LogP contribution in [0.5, 0.6) is 0 Å². The van der Waals surface area contributed by atoms with E-state index in [0.717, 1.165) is 19.6 Å². The number of fused-ring (bicyclic) bond motifs is 1. The van der Waals surface area contributed by atoms with Gasteiger partial charge in [-0.15, -0.1) is 11.3 Å². The molecule has 3 rings (SSSR count). The Bertz CT molecular complexity index is 506. The van der Waals surface area contributed by atoms with Gasteiger partial charge in [-0.05, 0) is 36.9 Å². The molecule has 0 radical (unpaired) electrons. The zero-order valence-corrected chi connectivity index (χ0v) is 11.0. The molecule has 0 bridgehead atoms. The van der Waals surface area contributed by atoms with Crippen LogP contribution in [0.4, 0.5) is 5.69 Å². The van der Waals surface area contributed by atoms with E-state index in [4.69, 9.17) is 0 Å². The smallest absolute Gasteiger partial charge is 0.0454 e. The molecule has 90 valence electrons. The van der Waals surface area contributed by atoms with Gasteiger partial charge in [-0.1, -0.05) is 6.07 Å². The molecular formula is C14H18N2S. The zero-order chi connectivity index (χ0) is 11.7. The summed E-state index contributed by atoms with van der Waals surface area (Å²) in [6.45, 7) is 5.62. The Morgan fingerprint density at radius 2 is 2.24 bits per heavy atom. The van der Waals surface area contributed by atoms with E-state index in [-0.39, 0.29) is 0 Å². The van der Waals surface area contributed by atoms with E-state index < -0.39 is 0 Å². The van der Waals surface area contributed by atoms with Crippen molar-refractivity contribution in [3.05, 3.63) is 29.6 Å². The lowest BCUT2D eigenvalue weighted by atomic mass is 10.2. The number of nitrogens with one attached hydrogen (secondary N) is 1. The van der Waals surface area contributed by atoms with Gasteiger partial charge in [-0.3, -0.25) is 0 Å². The van der Waals surface area contributed by atoms with Gasteiger partial charge in [0.1, 0.15) is 0 Å². The van der Waals surface area contributed by atoms with Crippen LogP contribution in [0.3, 0.4) is 0 Å². The van der Waals surface area contributed by atoms with Crippen LogP contribution in [0, 0.1) is 0 Å². The van der Waals surface area contributed by atoms with Gasteiger partial charge >= 0.3 is 0 Å². The van der Waals surface area contributed by atoms with Crippen molar-refractivity contribution in [2.24, 2.45) is 0 Å². The van der Waals surface area contributed by atoms with Gasteiger partial charge in [0.25, 0.3) is 0 Å². The van der Waals surface area contributed by atoms with Crippen molar-refractivity contribution in [3.63, 3.8) is 0 Å². The minimum absolute atomic E-state index is 0.640. The van der Waals surface area contributed by atoms with Crippen LogP contribution in [-0.4, -0.2) is 25.7 Å². The number of benzene rings is 1. The average molecular weight is 246 g/mol. The highest BCUT2D eigenvalue weighted by molar-refractivity contribution is 7.17. The Morgan fingerprint density at radius 1 is 1.29 bits per heavy atom. The highest BCUT2D eigenvalue weighted by Gasteiger charge is 2.15. The monoisotopic (exact) mass is 246 g/mol. The van der Waals surface area contributed by atoms with E-state index in [1.165, 1.54) is 22.2 Å². The number of hydrogen-bond donors (Lipinski definition) is 1. The second-order valence-corrected chi connectivity index (χ2v) is 5.69. The normalized spacial score (nSPS) is 21.7. The molecule has 2 nitrogen and oxygen atoms in total. The first kappa shape index (κ1) is 11.1. The molecule has 1 fully saturated rings. The van der Waals surface area contributed by atoms with E-state index in [0.29, 0.717) is 6.04 Å². The Balaban J connectivity index is 1.94. The molecular weight excluding hydrogens is 228 g/mol. The van der Waals surface area contributed by atoms with Crippen LogP contribution in [0.25, 0.3) is 10.1 Å². The summed E-state index contributed by atoms with van der Waals surface area (Å²) in [4.78, 5) is 2.52. The molecule has 0 aliphatic carbocycles. The number of thiophene rings is 1. The Labute approximate surface area is 106 Å². The maximum Gasteiger partial charge on any atom is 0.0454 e. The van der Waals surface area contributed by atoms with Crippen LogP contribution >= 0.6 is 11.3 Å². The second-order valence-electron chi connectivity index (χ2n) is 4.74. The molecule has 1 atom stereocenters. The molecule has 1 aromatic heterocycles. The van der Waals surface area contributed by atoms with Gasteiger partial charge in [0.15, 0.2) is 0 Å². The number of rotatable bonds is 1. The molecule has 2 heterocycles. The minimum Gasteiger partial charge on any atom is -0.370 e. The van der Waals surface area contributed by atoms with E-state index >= 15 is 0 Å². The second kappa shape index (κ2) is 4.67. The molecule has 0 spiro atoms. The van der Waals surface area contributed by atoms with Crippen molar-refractivity contribution in [3.8, 4) is 0 Å². The third-order valence-corrected chi connectivity index (χ3v) is 4.40. The van der Waals surface area contributed by atoms with Crippen molar-refractivity contribution in [2.45, 2.75) is 19.4 Å². The van der Waals surface area contributed by atoms with Crippen molar-refractivity contribution in [1.29, 1.82) is 0 Å². The van der Waals surface area contributed by atoms with Crippen LogP contribution in [-0.2, 0) is 0 Å². The van der Waals surface area contributed by atoms with Crippen LogP contribution < -0.4 is 10.2 Å². The molecule has 1 N–H and O–H groups in total. The molecule has 0 amide bonds. The molecule has 2 aromatic rings. The molecule has 1 aromatic carbocycles. The minimum atomic E-state index is 0.640. The lowest BCUT2D eigenvalue weighted by Crippen LogP contribution is -2.29. The molecule has 1 saturated heterocycles. The van der Waals surface area contributed by atoms with Crippen molar-refractivity contribution >= 4 is 27.1 Å². The lowest BCUT2D eigenvalue weighted by molar-refractivity contribution is 0.566. The third-order valence-electron chi connectivity index (χ3n) is 3.52. The number of hydrogen-bond acceptors (Lipinski definition) is 3. The number of anilines is 1. The fraction of sp³-hybridized carbons (Fsp3) is 0.429. The summed E-state index contributed by atoms with van der Waals surface area (Å²) in [5, 5.41) is 7.14. The summed E-state index contributed by atoms with van der Waals surface area (Å²) in [6.07, 6.45) is 1.22. The van der Waals surface area contributed by atoms with Gasteiger partial charge in [-0.25, -0.2) is 0 Å². The molecule has 0 saturated carbocycles. The first-order valence-corrected chi connectivity index (χ1v) is 7.17. The summed E-state index contributed by atoms with van der Waals surface area (Å²) in [5.74, 6) is 0. The summed E-state index contributed by atoms with van der Waals surface area (Å²) in [5.41, 5.74) is 1.40. The Kier molecular flexibility index (Phi) is 3.04. The summed E-state index contributed by atoms with van der Waals surface area (Å²) in [7, 11) is 0. The van der Waals surface area contributed by atoms with Gasteiger partial charge in [-0.2, -0.15) is 0 Å². The maximum absolute atomic E-state index is 3.55.